The highest BCUT2D eigenvalue weighted by Gasteiger charge is 2.14. The van der Waals surface area contributed by atoms with E-state index < -0.39 is 0 Å². The second-order valence-corrected chi connectivity index (χ2v) is 18.8. The first kappa shape index (κ1) is 51.3. The molecule has 0 aliphatic carbocycles. The molecule has 10 aromatic rings. The minimum atomic E-state index is 0.357. The second kappa shape index (κ2) is 25.8. The summed E-state index contributed by atoms with van der Waals surface area (Å²) in [5.41, 5.74) is 4.16. The molecule has 0 fully saturated rings. The molecule has 1 aliphatic heterocycles. The van der Waals surface area contributed by atoms with Crippen molar-refractivity contribution in [3.63, 3.8) is 0 Å². The first-order valence-corrected chi connectivity index (χ1v) is 26.4. The molecule has 0 atom stereocenters. The molecule has 0 aromatic heterocycles. The third-order valence-corrected chi connectivity index (χ3v) is 13.6. The molecule has 0 saturated carbocycles. The summed E-state index contributed by atoms with van der Waals surface area (Å²) in [4.78, 5) is 0. The zero-order valence-corrected chi connectivity index (χ0v) is 42.9. The lowest BCUT2D eigenvalue weighted by Crippen LogP contribution is -2.15. The van der Waals surface area contributed by atoms with Gasteiger partial charge in [0, 0.05) is 12.1 Å². The van der Waals surface area contributed by atoms with Crippen LogP contribution >= 0.6 is 0 Å². The second-order valence-electron chi connectivity index (χ2n) is 18.8. The highest BCUT2D eigenvalue weighted by Crippen LogP contribution is 2.38. The number of hydrogen-bond donors (Lipinski definition) is 0. The summed E-state index contributed by atoms with van der Waals surface area (Å²) in [6.07, 6.45) is 0. The van der Waals surface area contributed by atoms with E-state index in [2.05, 4.69) is 109 Å². The van der Waals surface area contributed by atoms with E-state index in [0.29, 0.717) is 155 Å². The molecule has 0 amide bonds. The maximum atomic E-state index is 6.38. The lowest BCUT2D eigenvalue weighted by molar-refractivity contribution is 0.00429. The molecule has 1 aliphatic rings. The van der Waals surface area contributed by atoms with Crippen LogP contribution in [0, 0.1) is 0 Å². The molecule has 392 valence electrons. The zero-order valence-electron chi connectivity index (χ0n) is 42.9. The van der Waals surface area contributed by atoms with Gasteiger partial charge in [-0.2, -0.15) is 0 Å². The Morgan fingerprint density at radius 1 is 0.263 bits per heavy atom. The number of hydrogen-bond acceptors (Lipinski definition) is 12. The molecule has 0 N–H and O–H groups in total. The van der Waals surface area contributed by atoms with Crippen LogP contribution in [-0.2, 0) is 64.3 Å². The van der Waals surface area contributed by atoms with Crippen molar-refractivity contribution in [2.24, 2.45) is 0 Å². The van der Waals surface area contributed by atoms with E-state index in [1.165, 1.54) is 64.6 Å². The van der Waals surface area contributed by atoms with Crippen LogP contribution in [0.25, 0.3) is 64.6 Å². The van der Waals surface area contributed by atoms with Gasteiger partial charge in [-0.25, -0.2) is 0 Å². The van der Waals surface area contributed by atoms with Gasteiger partial charge in [0.25, 0.3) is 0 Å². The summed E-state index contributed by atoms with van der Waals surface area (Å²) in [7, 11) is 0. The van der Waals surface area contributed by atoms with E-state index in [9.17, 15) is 0 Å². The zero-order chi connectivity index (χ0) is 51.1. The molecule has 12 heteroatoms. The first-order chi connectivity index (χ1) is 37.7. The molecular weight excluding hydrogens is 961 g/mol. The quantitative estimate of drug-likeness (QED) is 0.135. The molecule has 4 bridgehead atoms. The van der Waals surface area contributed by atoms with E-state index in [0.717, 1.165) is 22.3 Å². The molecule has 1 heterocycles. The standard InChI is InChI=1S/C64H64O12/c1-3-47-7-9-51-11-13-53(59-17-15-49(5-1)61(47)63(51)59)43-71-41-45-35-55-39-56(36-45)74-32-28-68-24-20-66-22-26-70-30-34-76-58-38-46(37-57(40-58)75-33-29-69-25-21-65-19-23-67-27-31-73-55)42-72-44-54-14-12-52-10-8-48-4-2-6-50-16-18-60(54)64(52)62(48)50/h1-18,35-40H,19-34,41-44H2. The van der Waals surface area contributed by atoms with E-state index >= 15 is 0 Å². The number of fused-ring (bicyclic) bond motifs is 4. The van der Waals surface area contributed by atoms with E-state index in [1.54, 1.807) is 0 Å². The lowest BCUT2D eigenvalue weighted by atomic mass is 9.92. The average molecular weight is 1030 g/mol. The highest BCUT2D eigenvalue weighted by atomic mass is 16.6. The van der Waals surface area contributed by atoms with Crippen molar-refractivity contribution in [3.05, 3.63) is 168 Å². The third kappa shape index (κ3) is 12.9. The van der Waals surface area contributed by atoms with Crippen LogP contribution < -0.4 is 18.9 Å². The fourth-order valence-electron chi connectivity index (χ4n) is 10.1. The van der Waals surface area contributed by atoms with Crippen molar-refractivity contribution in [2.45, 2.75) is 26.4 Å². The Balaban J connectivity index is 0.654. The third-order valence-electron chi connectivity index (χ3n) is 13.6. The summed E-state index contributed by atoms with van der Waals surface area (Å²) in [5, 5.41) is 15.0. The van der Waals surface area contributed by atoms with Gasteiger partial charge in [-0.1, -0.05) is 109 Å². The van der Waals surface area contributed by atoms with Gasteiger partial charge < -0.3 is 56.8 Å². The fourth-order valence-corrected chi connectivity index (χ4v) is 10.1. The topological polar surface area (TPSA) is 111 Å². The predicted octanol–water partition coefficient (Wildman–Crippen LogP) is 12.2. The Morgan fingerprint density at radius 2 is 0.539 bits per heavy atom. The molecule has 10 aromatic carbocycles. The van der Waals surface area contributed by atoms with Crippen molar-refractivity contribution in [2.75, 3.05) is 106 Å². The number of ether oxygens (including phenoxy) is 12. The van der Waals surface area contributed by atoms with E-state index in [-0.39, 0.29) is 0 Å². The molecule has 11 rings (SSSR count). The largest absolute Gasteiger partial charge is 0.491 e. The maximum Gasteiger partial charge on any atom is 0.123 e. The highest BCUT2D eigenvalue weighted by molar-refractivity contribution is 6.24. The van der Waals surface area contributed by atoms with Gasteiger partial charge in [0.1, 0.15) is 49.4 Å². The molecule has 0 radical (unpaired) electrons. The first-order valence-electron chi connectivity index (χ1n) is 26.4. The SMILES string of the molecule is c1cc2ccc3ccc(COCc4cc5cc(c4)OCCOCCOCCOCCOc4cc(COCc6ccc7ccc8cccc9ccc6c7c89)cc(c4)OCCOCCOCCOCCO5)c4ccc(c1)c2c34. The summed E-state index contributed by atoms with van der Waals surface area (Å²) in [5.74, 6) is 2.68. The summed E-state index contributed by atoms with van der Waals surface area (Å²) in [6.45, 7) is 8.13. The van der Waals surface area contributed by atoms with Gasteiger partial charge in [0.05, 0.1) is 106 Å². The van der Waals surface area contributed by atoms with Crippen molar-refractivity contribution in [1.82, 2.24) is 0 Å². The van der Waals surface area contributed by atoms with E-state index in [1.807, 2.05) is 36.4 Å². The van der Waals surface area contributed by atoms with Gasteiger partial charge in [0.2, 0.25) is 0 Å². The minimum Gasteiger partial charge on any atom is -0.491 e. The van der Waals surface area contributed by atoms with Crippen LogP contribution in [0.3, 0.4) is 0 Å². The van der Waals surface area contributed by atoms with Crippen molar-refractivity contribution < 1.29 is 56.8 Å². The number of rotatable bonds is 8. The minimum absolute atomic E-state index is 0.357. The summed E-state index contributed by atoms with van der Waals surface area (Å²) >= 11 is 0. The molecule has 0 saturated heterocycles. The van der Waals surface area contributed by atoms with Gasteiger partial charge in [-0.15, -0.1) is 0 Å². The fraction of sp³-hybridized carbons (Fsp3) is 0.312. The van der Waals surface area contributed by atoms with Gasteiger partial charge in [-0.05, 0) is 111 Å². The van der Waals surface area contributed by atoms with Crippen LogP contribution in [0.2, 0.25) is 0 Å². The van der Waals surface area contributed by atoms with Crippen LogP contribution in [0.5, 0.6) is 23.0 Å². The van der Waals surface area contributed by atoms with Crippen molar-refractivity contribution in [3.8, 4) is 23.0 Å². The van der Waals surface area contributed by atoms with Gasteiger partial charge in [-0.3, -0.25) is 0 Å². The molecular formula is C64H64O12. The monoisotopic (exact) mass is 1020 g/mol. The van der Waals surface area contributed by atoms with E-state index in [4.69, 9.17) is 56.8 Å². The summed E-state index contributed by atoms with van der Waals surface area (Å²) in [6, 6.07) is 51.0. The normalized spacial score (nSPS) is 16.0. The lowest BCUT2D eigenvalue weighted by Gasteiger charge is -2.15. The molecule has 0 unspecified atom stereocenters. The Labute approximate surface area is 442 Å². The maximum absolute atomic E-state index is 6.38. The Hall–Kier alpha value is -6.84. The molecule has 12 nitrogen and oxygen atoms in total. The van der Waals surface area contributed by atoms with Crippen molar-refractivity contribution in [1.29, 1.82) is 0 Å². The van der Waals surface area contributed by atoms with Crippen molar-refractivity contribution >= 4 is 64.6 Å². The Bertz CT molecular complexity index is 3120. The number of benzene rings is 10. The Kier molecular flexibility index (Phi) is 17.4. The molecule has 76 heavy (non-hydrogen) atoms. The van der Waals surface area contributed by atoms with Crippen LogP contribution in [0.4, 0.5) is 0 Å². The van der Waals surface area contributed by atoms with Crippen LogP contribution in [0.15, 0.2) is 146 Å². The van der Waals surface area contributed by atoms with Gasteiger partial charge in [0.15, 0.2) is 0 Å². The van der Waals surface area contributed by atoms with Crippen LogP contribution in [0.1, 0.15) is 22.3 Å². The van der Waals surface area contributed by atoms with Crippen LogP contribution in [-0.4, -0.2) is 106 Å². The molecule has 0 spiro atoms. The smallest absolute Gasteiger partial charge is 0.123 e. The Morgan fingerprint density at radius 3 is 0.868 bits per heavy atom. The average Bonchev–Trinajstić information content (AvgIpc) is 3.46. The van der Waals surface area contributed by atoms with Gasteiger partial charge >= 0.3 is 0 Å². The summed E-state index contributed by atoms with van der Waals surface area (Å²) < 4.78 is 72.3. The predicted molar refractivity (Wildman–Crippen MR) is 297 cm³/mol.